The summed E-state index contributed by atoms with van der Waals surface area (Å²) in [6, 6.07) is 9.70. The smallest absolute Gasteiger partial charge is 0.305 e. The monoisotopic (exact) mass is 262 g/mol. The molecule has 0 unspecified atom stereocenters. The number of carbonyl (C=O) groups is 2. The topological polar surface area (TPSA) is 55.9 Å². The maximum Gasteiger partial charge on any atom is 0.305 e. The quantitative estimate of drug-likeness (QED) is 0.559. The summed E-state index contributed by atoms with van der Waals surface area (Å²) in [6.07, 6.45) is 0.759. The minimum absolute atomic E-state index is 0.0677. The molecule has 0 radical (unpaired) electrons. The minimum atomic E-state index is -0.329. The van der Waals surface area contributed by atoms with Crippen molar-refractivity contribution in [1.29, 1.82) is 0 Å². The standard InChI is InChI=1S/C15H18O4/c1-2-18-13(17)10-6-9-12(16)15-14(19-15)11-7-4-3-5-8-11/h3-5,7-8,14-15H,2,6,9-10H2,1H3/t14-,15+/m0/s1. The van der Waals surface area contributed by atoms with Crippen molar-refractivity contribution >= 4 is 11.8 Å². The summed E-state index contributed by atoms with van der Waals surface area (Å²) in [6.45, 7) is 2.15. The van der Waals surface area contributed by atoms with E-state index in [1.165, 1.54) is 0 Å². The van der Waals surface area contributed by atoms with Crippen LogP contribution in [0.4, 0.5) is 0 Å². The van der Waals surface area contributed by atoms with E-state index in [0.717, 1.165) is 5.56 Å². The van der Waals surface area contributed by atoms with Gasteiger partial charge in [-0.3, -0.25) is 9.59 Å². The molecule has 0 bridgehead atoms. The van der Waals surface area contributed by atoms with Gasteiger partial charge in [-0.15, -0.1) is 0 Å². The highest BCUT2D eigenvalue weighted by molar-refractivity contribution is 5.86. The Bertz CT molecular complexity index is 441. The Balaban J connectivity index is 1.70. The molecule has 2 atom stereocenters. The number of benzene rings is 1. The van der Waals surface area contributed by atoms with Crippen LogP contribution in [0.15, 0.2) is 30.3 Å². The molecule has 1 aromatic rings. The lowest BCUT2D eigenvalue weighted by molar-refractivity contribution is -0.143. The highest BCUT2D eigenvalue weighted by Gasteiger charge is 2.44. The number of hydrogen-bond acceptors (Lipinski definition) is 4. The molecular formula is C15H18O4. The Kier molecular flexibility index (Phi) is 4.68. The number of ketones is 1. The molecule has 1 aliphatic heterocycles. The van der Waals surface area contributed by atoms with Crippen molar-refractivity contribution in [2.75, 3.05) is 6.61 Å². The number of rotatable bonds is 7. The van der Waals surface area contributed by atoms with Crippen molar-refractivity contribution in [1.82, 2.24) is 0 Å². The Morgan fingerprint density at radius 1 is 1.21 bits per heavy atom. The van der Waals surface area contributed by atoms with Gasteiger partial charge in [-0.2, -0.15) is 0 Å². The van der Waals surface area contributed by atoms with Crippen molar-refractivity contribution in [2.24, 2.45) is 0 Å². The molecule has 1 aromatic carbocycles. The van der Waals surface area contributed by atoms with Crippen LogP contribution < -0.4 is 0 Å². The molecule has 2 rings (SSSR count). The average Bonchev–Trinajstić information content (AvgIpc) is 3.20. The average molecular weight is 262 g/mol. The molecule has 4 heteroatoms. The van der Waals surface area contributed by atoms with Crippen molar-refractivity contribution in [3.05, 3.63) is 35.9 Å². The summed E-state index contributed by atoms with van der Waals surface area (Å²) in [4.78, 5) is 23.0. The van der Waals surface area contributed by atoms with Crippen molar-refractivity contribution < 1.29 is 19.1 Å². The van der Waals surface area contributed by atoms with Gasteiger partial charge in [-0.1, -0.05) is 30.3 Å². The van der Waals surface area contributed by atoms with Crippen LogP contribution in [0.1, 0.15) is 37.9 Å². The van der Waals surface area contributed by atoms with Gasteiger partial charge in [0, 0.05) is 12.8 Å². The van der Waals surface area contributed by atoms with Gasteiger partial charge >= 0.3 is 5.97 Å². The van der Waals surface area contributed by atoms with E-state index in [1.54, 1.807) is 6.92 Å². The van der Waals surface area contributed by atoms with Gasteiger partial charge in [0.25, 0.3) is 0 Å². The second-order valence-electron chi connectivity index (χ2n) is 4.51. The van der Waals surface area contributed by atoms with Gasteiger partial charge in [-0.05, 0) is 18.9 Å². The molecular weight excluding hydrogens is 244 g/mol. The van der Waals surface area contributed by atoms with Gasteiger partial charge in [0.1, 0.15) is 12.2 Å². The maximum atomic E-state index is 11.9. The van der Waals surface area contributed by atoms with E-state index in [2.05, 4.69) is 0 Å². The summed E-state index contributed by atoms with van der Waals surface area (Å²) >= 11 is 0. The second-order valence-corrected chi connectivity index (χ2v) is 4.51. The summed E-state index contributed by atoms with van der Waals surface area (Å²) in [5.41, 5.74) is 1.03. The number of hydrogen-bond donors (Lipinski definition) is 0. The molecule has 0 amide bonds. The molecule has 0 aromatic heterocycles. The molecule has 0 spiro atoms. The largest absolute Gasteiger partial charge is 0.466 e. The fourth-order valence-corrected chi connectivity index (χ4v) is 2.04. The zero-order chi connectivity index (χ0) is 13.7. The van der Waals surface area contributed by atoms with E-state index in [0.29, 0.717) is 25.9 Å². The van der Waals surface area contributed by atoms with Gasteiger partial charge in [0.05, 0.1) is 6.61 Å². The van der Waals surface area contributed by atoms with Crippen LogP contribution in [0, 0.1) is 0 Å². The first-order chi connectivity index (χ1) is 9.22. The zero-order valence-corrected chi connectivity index (χ0v) is 11.0. The Morgan fingerprint density at radius 3 is 2.63 bits per heavy atom. The number of esters is 1. The molecule has 1 heterocycles. The fourth-order valence-electron chi connectivity index (χ4n) is 2.04. The number of Topliss-reactive ketones (excluding diaryl/α,β-unsaturated/α-hetero) is 1. The lowest BCUT2D eigenvalue weighted by atomic mass is 10.0. The van der Waals surface area contributed by atoms with Crippen LogP contribution in [0.5, 0.6) is 0 Å². The minimum Gasteiger partial charge on any atom is -0.466 e. The third-order valence-corrected chi connectivity index (χ3v) is 3.05. The lowest BCUT2D eigenvalue weighted by Crippen LogP contribution is -2.09. The molecule has 0 aliphatic carbocycles. The third kappa shape index (κ3) is 3.89. The van der Waals surface area contributed by atoms with E-state index >= 15 is 0 Å². The van der Waals surface area contributed by atoms with Crippen LogP contribution in [0.2, 0.25) is 0 Å². The van der Waals surface area contributed by atoms with Crippen LogP contribution in [0.3, 0.4) is 0 Å². The van der Waals surface area contributed by atoms with E-state index in [1.807, 2.05) is 30.3 Å². The number of carbonyl (C=O) groups excluding carboxylic acids is 2. The maximum absolute atomic E-state index is 11.9. The first kappa shape index (κ1) is 13.7. The van der Waals surface area contributed by atoms with Gasteiger partial charge < -0.3 is 9.47 Å². The molecule has 19 heavy (non-hydrogen) atoms. The van der Waals surface area contributed by atoms with E-state index in [-0.39, 0.29) is 24.0 Å². The highest BCUT2D eigenvalue weighted by atomic mass is 16.6. The lowest BCUT2D eigenvalue weighted by Gasteiger charge is -2.00. The van der Waals surface area contributed by atoms with Crippen LogP contribution in [0.25, 0.3) is 0 Å². The van der Waals surface area contributed by atoms with Crippen molar-refractivity contribution in [3.8, 4) is 0 Å². The molecule has 4 nitrogen and oxygen atoms in total. The van der Waals surface area contributed by atoms with E-state index < -0.39 is 0 Å². The molecule has 0 N–H and O–H groups in total. The first-order valence-corrected chi connectivity index (χ1v) is 6.61. The summed E-state index contributed by atoms with van der Waals surface area (Å²) < 4.78 is 10.2. The van der Waals surface area contributed by atoms with Crippen LogP contribution in [-0.2, 0) is 19.1 Å². The SMILES string of the molecule is CCOC(=O)CCCC(=O)[C@H]1O[C@H]1c1ccccc1. The van der Waals surface area contributed by atoms with Gasteiger partial charge in [0.15, 0.2) is 5.78 Å². The third-order valence-electron chi connectivity index (χ3n) is 3.05. The van der Waals surface area contributed by atoms with E-state index in [9.17, 15) is 9.59 Å². The predicted octanol–water partition coefficient (Wildman–Crippen LogP) is 2.43. The Labute approximate surface area is 112 Å². The van der Waals surface area contributed by atoms with Crippen molar-refractivity contribution in [2.45, 2.75) is 38.4 Å². The first-order valence-electron chi connectivity index (χ1n) is 6.61. The van der Waals surface area contributed by atoms with Crippen molar-refractivity contribution in [3.63, 3.8) is 0 Å². The zero-order valence-electron chi connectivity index (χ0n) is 11.0. The van der Waals surface area contributed by atoms with E-state index in [4.69, 9.17) is 9.47 Å². The van der Waals surface area contributed by atoms with Gasteiger partial charge in [-0.25, -0.2) is 0 Å². The molecule has 0 saturated carbocycles. The Hall–Kier alpha value is -1.68. The normalized spacial score (nSPS) is 20.9. The van der Waals surface area contributed by atoms with Crippen LogP contribution >= 0.6 is 0 Å². The van der Waals surface area contributed by atoms with Gasteiger partial charge in [0.2, 0.25) is 0 Å². The summed E-state index contributed by atoms with van der Waals surface area (Å²) in [5, 5.41) is 0. The highest BCUT2D eigenvalue weighted by Crippen LogP contribution is 2.39. The number of ether oxygens (including phenoxy) is 2. The predicted molar refractivity (Wildman–Crippen MR) is 69.5 cm³/mol. The molecule has 1 aliphatic rings. The molecule has 1 saturated heterocycles. The summed E-state index contributed by atoms with van der Waals surface area (Å²) in [5.74, 6) is -0.176. The second kappa shape index (κ2) is 6.48. The fraction of sp³-hybridized carbons (Fsp3) is 0.467. The number of epoxide rings is 1. The molecule has 1 fully saturated rings. The molecule has 102 valence electrons. The summed E-state index contributed by atoms with van der Waals surface area (Å²) in [7, 11) is 0. The Morgan fingerprint density at radius 2 is 1.95 bits per heavy atom. The van der Waals surface area contributed by atoms with Crippen LogP contribution in [-0.4, -0.2) is 24.5 Å².